The molecule has 1 aromatic carbocycles. The molecule has 6 nitrogen and oxygen atoms in total. The Balaban J connectivity index is 2.20. The normalized spacial score (nSPS) is 10.2. The lowest BCUT2D eigenvalue weighted by Gasteiger charge is -2.07. The number of halogens is 1. The molecule has 0 saturated heterocycles. The zero-order chi connectivity index (χ0) is 13.8. The Hall–Kier alpha value is -2.21. The van der Waals surface area contributed by atoms with E-state index in [0.29, 0.717) is 18.1 Å². The highest BCUT2D eigenvalue weighted by Gasteiger charge is 2.17. The first-order chi connectivity index (χ1) is 9.08. The van der Waals surface area contributed by atoms with Gasteiger partial charge < -0.3 is 5.32 Å². The highest BCUT2D eigenvalue weighted by Crippen LogP contribution is 2.32. The Morgan fingerprint density at radius 2 is 2.21 bits per heavy atom. The van der Waals surface area contributed by atoms with E-state index in [4.69, 9.17) is 11.6 Å². The lowest BCUT2D eigenvalue weighted by atomic mass is 10.2. The smallest absolute Gasteiger partial charge is 0.310 e. The van der Waals surface area contributed by atoms with Gasteiger partial charge in [-0.1, -0.05) is 17.7 Å². The zero-order valence-corrected chi connectivity index (χ0v) is 10.9. The minimum absolute atomic E-state index is 0.105. The van der Waals surface area contributed by atoms with Crippen LogP contribution >= 0.6 is 11.6 Å². The van der Waals surface area contributed by atoms with Gasteiger partial charge in [-0.3, -0.25) is 10.1 Å². The molecule has 2 aromatic rings. The lowest BCUT2D eigenvalue weighted by molar-refractivity contribution is -0.383. The van der Waals surface area contributed by atoms with Gasteiger partial charge in [0.15, 0.2) is 0 Å². The van der Waals surface area contributed by atoms with Gasteiger partial charge in [-0.15, -0.1) is 0 Å². The van der Waals surface area contributed by atoms with E-state index in [1.54, 1.807) is 31.3 Å². The summed E-state index contributed by atoms with van der Waals surface area (Å²) in [6.07, 6.45) is 1.64. The van der Waals surface area contributed by atoms with Gasteiger partial charge in [-0.25, -0.2) is 9.97 Å². The number of nitro groups is 1. The van der Waals surface area contributed by atoms with Crippen molar-refractivity contribution in [2.45, 2.75) is 13.5 Å². The highest BCUT2D eigenvalue weighted by atomic mass is 35.5. The number of aromatic nitrogens is 2. The summed E-state index contributed by atoms with van der Waals surface area (Å²) >= 11 is 5.82. The summed E-state index contributed by atoms with van der Waals surface area (Å²) in [5.74, 6) is 0.653. The molecule has 0 radical (unpaired) electrons. The van der Waals surface area contributed by atoms with Crippen LogP contribution in [-0.4, -0.2) is 14.9 Å². The molecule has 19 heavy (non-hydrogen) atoms. The third-order valence-electron chi connectivity index (χ3n) is 2.46. The van der Waals surface area contributed by atoms with Crippen molar-refractivity contribution in [1.29, 1.82) is 0 Å². The van der Waals surface area contributed by atoms with Crippen molar-refractivity contribution in [2.24, 2.45) is 0 Å². The summed E-state index contributed by atoms with van der Waals surface area (Å²) in [5, 5.41) is 14.0. The highest BCUT2D eigenvalue weighted by molar-refractivity contribution is 6.33. The van der Waals surface area contributed by atoms with E-state index >= 15 is 0 Å². The van der Waals surface area contributed by atoms with Gasteiger partial charge in [0.1, 0.15) is 16.5 Å². The van der Waals surface area contributed by atoms with E-state index < -0.39 is 4.92 Å². The first-order valence-electron chi connectivity index (χ1n) is 5.53. The lowest BCUT2D eigenvalue weighted by Crippen LogP contribution is -2.05. The number of rotatable bonds is 4. The molecule has 0 atom stereocenters. The number of benzene rings is 1. The van der Waals surface area contributed by atoms with Gasteiger partial charge in [0.2, 0.25) is 0 Å². The van der Waals surface area contributed by atoms with Crippen molar-refractivity contribution >= 4 is 23.0 Å². The van der Waals surface area contributed by atoms with Crippen molar-refractivity contribution < 1.29 is 4.92 Å². The standard InChI is InChI=1S/C12H11ClN4O2/c1-8-14-6-5-9(16-8)7-15-11-4-2-3-10(13)12(11)17(18)19/h2-6,15H,7H2,1H3. The summed E-state index contributed by atoms with van der Waals surface area (Å²) in [4.78, 5) is 18.7. The van der Waals surface area contributed by atoms with Crippen LogP contribution in [0.4, 0.5) is 11.4 Å². The molecule has 1 heterocycles. The molecule has 0 saturated carbocycles. The summed E-state index contributed by atoms with van der Waals surface area (Å²) in [7, 11) is 0. The van der Waals surface area contributed by atoms with Crippen LogP contribution in [0.2, 0.25) is 5.02 Å². The molecule has 0 aliphatic carbocycles. The fourth-order valence-corrected chi connectivity index (χ4v) is 1.88. The van der Waals surface area contributed by atoms with Crippen LogP contribution < -0.4 is 5.32 Å². The van der Waals surface area contributed by atoms with Crippen LogP contribution in [0.5, 0.6) is 0 Å². The molecule has 1 aromatic heterocycles. The van der Waals surface area contributed by atoms with Gasteiger partial charge in [-0.2, -0.15) is 0 Å². The van der Waals surface area contributed by atoms with Crippen molar-refractivity contribution in [3.8, 4) is 0 Å². The monoisotopic (exact) mass is 278 g/mol. The van der Waals surface area contributed by atoms with Gasteiger partial charge >= 0.3 is 5.69 Å². The van der Waals surface area contributed by atoms with E-state index in [1.165, 1.54) is 6.07 Å². The second kappa shape index (κ2) is 5.62. The molecule has 0 amide bonds. The van der Waals surface area contributed by atoms with E-state index in [0.717, 1.165) is 5.69 Å². The number of para-hydroxylation sites is 1. The zero-order valence-electron chi connectivity index (χ0n) is 10.1. The molecule has 0 fully saturated rings. The van der Waals surface area contributed by atoms with Crippen molar-refractivity contribution in [3.05, 3.63) is 57.1 Å². The molecular formula is C12H11ClN4O2. The second-order valence-electron chi connectivity index (χ2n) is 3.84. The average Bonchev–Trinajstić information content (AvgIpc) is 2.36. The first-order valence-corrected chi connectivity index (χ1v) is 5.91. The summed E-state index contributed by atoms with van der Waals surface area (Å²) in [6, 6.07) is 6.50. The van der Waals surface area contributed by atoms with E-state index in [9.17, 15) is 10.1 Å². The molecule has 0 spiro atoms. The molecule has 0 bridgehead atoms. The van der Waals surface area contributed by atoms with Crippen LogP contribution in [0.15, 0.2) is 30.5 Å². The third kappa shape index (κ3) is 3.17. The number of nitro benzene ring substituents is 1. The molecule has 98 valence electrons. The number of hydrogen-bond donors (Lipinski definition) is 1. The van der Waals surface area contributed by atoms with Crippen LogP contribution in [0, 0.1) is 17.0 Å². The summed E-state index contributed by atoms with van der Waals surface area (Å²) < 4.78 is 0. The van der Waals surface area contributed by atoms with E-state index in [2.05, 4.69) is 15.3 Å². The first kappa shape index (κ1) is 13.2. The van der Waals surface area contributed by atoms with Crippen LogP contribution in [0.3, 0.4) is 0 Å². The Bertz CT molecular complexity index is 618. The molecule has 2 rings (SSSR count). The fraction of sp³-hybridized carbons (Fsp3) is 0.167. The molecule has 1 N–H and O–H groups in total. The molecule has 0 unspecified atom stereocenters. The number of hydrogen-bond acceptors (Lipinski definition) is 5. The number of nitrogens with one attached hydrogen (secondary N) is 1. The topological polar surface area (TPSA) is 81.0 Å². The maximum Gasteiger partial charge on any atom is 0.310 e. The Morgan fingerprint density at radius 3 is 2.89 bits per heavy atom. The summed E-state index contributed by atoms with van der Waals surface area (Å²) in [6.45, 7) is 2.15. The maximum absolute atomic E-state index is 11.0. The van der Waals surface area contributed by atoms with Crippen molar-refractivity contribution in [3.63, 3.8) is 0 Å². The largest absolute Gasteiger partial charge is 0.374 e. The third-order valence-corrected chi connectivity index (χ3v) is 2.77. The average molecular weight is 279 g/mol. The number of anilines is 1. The SMILES string of the molecule is Cc1nccc(CNc2cccc(Cl)c2[N+](=O)[O-])n1. The predicted octanol–water partition coefficient (Wildman–Crippen LogP) is 2.96. The van der Waals surface area contributed by atoms with Gasteiger partial charge in [-0.05, 0) is 25.1 Å². The van der Waals surface area contributed by atoms with Crippen LogP contribution in [-0.2, 0) is 6.54 Å². The predicted molar refractivity (Wildman–Crippen MR) is 72.2 cm³/mol. The van der Waals surface area contributed by atoms with Gasteiger partial charge in [0.05, 0.1) is 17.2 Å². The molecule has 0 aliphatic rings. The minimum atomic E-state index is -0.504. The molecule has 7 heteroatoms. The van der Waals surface area contributed by atoms with Gasteiger partial charge in [0.25, 0.3) is 0 Å². The fourth-order valence-electron chi connectivity index (χ4n) is 1.63. The number of aryl methyl sites for hydroxylation is 1. The van der Waals surface area contributed by atoms with Gasteiger partial charge in [0, 0.05) is 6.20 Å². The van der Waals surface area contributed by atoms with Crippen molar-refractivity contribution in [1.82, 2.24) is 9.97 Å². The molecule has 0 aliphatic heterocycles. The molecular weight excluding hydrogens is 268 g/mol. The second-order valence-corrected chi connectivity index (χ2v) is 4.25. The van der Waals surface area contributed by atoms with Crippen molar-refractivity contribution in [2.75, 3.05) is 5.32 Å². The minimum Gasteiger partial charge on any atom is -0.374 e. The Morgan fingerprint density at radius 1 is 1.42 bits per heavy atom. The van der Waals surface area contributed by atoms with E-state index in [-0.39, 0.29) is 10.7 Å². The quantitative estimate of drug-likeness (QED) is 0.687. The number of nitrogens with zero attached hydrogens (tertiary/aromatic N) is 3. The Labute approximate surface area is 114 Å². The van der Waals surface area contributed by atoms with E-state index in [1.807, 2.05) is 0 Å². The Kier molecular flexibility index (Phi) is 3.91. The van der Waals surface area contributed by atoms with Crippen LogP contribution in [0.25, 0.3) is 0 Å². The maximum atomic E-state index is 11.0. The summed E-state index contributed by atoms with van der Waals surface area (Å²) in [5.41, 5.74) is 0.991. The van der Waals surface area contributed by atoms with Crippen LogP contribution in [0.1, 0.15) is 11.5 Å².